The number of hydrogen-bond acceptors (Lipinski definition) is 6. The molecule has 2 atom stereocenters. The first-order valence-electron chi connectivity index (χ1n) is 12.0. The molecular weight excluding hydrogens is 445 g/mol. The minimum absolute atomic E-state index is 0.114. The van der Waals surface area contributed by atoms with E-state index in [-0.39, 0.29) is 11.9 Å². The smallest absolute Gasteiger partial charge is 0.196 e. The van der Waals surface area contributed by atoms with E-state index in [2.05, 4.69) is 27.3 Å². The van der Waals surface area contributed by atoms with Gasteiger partial charge in [-0.25, -0.2) is 9.37 Å². The third-order valence-corrected chi connectivity index (χ3v) is 7.05. The highest BCUT2D eigenvalue weighted by atomic mass is 19.1. The van der Waals surface area contributed by atoms with Crippen LogP contribution in [-0.4, -0.2) is 44.6 Å². The quantitative estimate of drug-likeness (QED) is 0.418. The van der Waals surface area contributed by atoms with Gasteiger partial charge in [0.1, 0.15) is 22.7 Å². The summed E-state index contributed by atoms with van der Waals surface area (Å²) in [7, 11) is 0. The number of halogens is 1. The molecule has 0 bridgehead atoms. The molecule has 2 saturated heterocycles. The zero-order valence-electron chi connectivity index (χ0n) is 19.2. The lowest BCUT2D eigenvalue weighted by molar-refractivity contribution is -0.120. The van der Waals surface area contributed by atoms with Gasteiger partial charge in [-0.3, -0.25) is 20.0 Å². The van der Waals surface area contributed by atoms with Gasteiger partial charge in [0.25, 0.3) is 0 Å². The maximum Gasteiger partial charge on any atom is 0.196 e. The largest absolute Gasteiger partial charge is 0.373 e. The zero-order chi connectivity index (χ0) is 23.8. The van der Waals surface area contributed by atoms with Crippen LogP contribution in [0, 0.1) is 5.82 Å². The van der Waals surface area contributed by atoms with E-state index >= 15 is 0 Å². The third kappa shape index (κ3) is 3.88. The third-order valence-electron chi connectivity index (χ3n) is 7.05. The summed E-state index contributed by atoms with van der Waals surface area (Å²) in [5.41, 5.74) is 2.75. The molecule has 8 heteroatoms. The van der Waals surface area contributed by atoms with Gasteiger partial charge in [0.15, 0.2) is 17.9 Å². The second-order valence-electron chi connectivity index (χ2n) is 9.16. The van der Waals surface area contributed by atoms with E-state index in [4.69, 9.17) is 9.82 Å². The van der Waals surface area contributed by atoms with Gasteiger partial charge in [0.05, 0.1) is 5.52 Å². The van der Waals surface area contributed by atoms with Crippen LogP contribution in [0.2, 0.25) is 0 Å². The first kappa shape index (κ1) is 21.9. The van der Waals surface area contributed by atoms with Crippen LogP contribution in [0.5, 0.6) is 5.75 Å². The fraction of sp³-hybridized carbons (Fsp3) is 0.296. The molecule has 4 heterocycles. The summed E-state index contributed by atoms with van der Waals surface area (Å²) in [5.74, 6) is 0.726. The summed E-state index contributed by atoms with van der Waals surface area (Å²) in [6, 6.07) is 17.8. The number of fused-ring (bicyclic) bond motifs is 1. The fourth-order valence-corrected chi connectivity index (χ4v) is 5.38. The van der Waals surface area contributed by atoms with Crippen molar-refractivity contribution >= 4 is 17.3 Å². The van der Waals surface area contributed by atoms with Crippen LogP contribution in [0.1, 0.15) is 37.3 Å². The van der Waals surface area contributed by atoms with Crippen LogP contribution < -0.4 is 10.2 Å². The van der Waals surface area contributed by atoms with Crippen molar-refractivity contribution in [2.45, 2.75) is 37.4 Å². The van der Waals surface area contributed by atoms with E-state index < -0.39 is 5.66 Å². The molecule has 2 aromatic heterocycles. The summed E-state index contributed by atoms with van der Waals surface area (Å²) in [5, 5.41) is 3.45. The number of aldehydes is 1. The van der Waals surface area contributed by atoms with Crippen LogP contribution >= 0.6 is 0 Å². The Balaban J connectivity index is 1.45. The Morgan fingerprint density at radius 1 is 1.11 bits per heavy atom. The van der Waals surface area contributed by atoms with E-state index in [9.17, 15) is 9.18 Å². The van der Waals surface area contributed by atoms with Crippen molar-refractivity contribution in [2.75, 3.05) is 13.1 Å². The second-order valence-corrected chi connectivity index (χ2v) is 9.16. The average Bonchev–Trinajstić information content (AvgIpc) is 3.65. The standard InChI is InChI=1S/C27H26FN5O2/c28-20-8-10-21(11-9-20)35-33-25-17-19(7-12-22(25)31-26(33)23-5-1-2-14-29-23)24-6-3-16-32(24)27(18-34)13-4-15-30-27/h1-2,5,7-12,14,17-18,24,30H,3-4,6,13,15-16H2/t24-,27-/m0/s1. The molecule has 4 aromatic rings. The summed E-state index contributed by atoms with van der Waals surface area (Å²) in [4.78, 5) is 30.0. The molecule has 7 nitrogen and oxygen atoms in total. The molecule has 178 valence electrons. The molecule has 2 aromatic carbocycles. The van der Waals surface area contributed by atoms with E-state index in [1.165, 1.54) is 12.1 Å². The van der Waals surface area contributed by atoms with Crippen LogP contribution in [0.25, 0.3) is 22.6 Å². The normalized spacial score (nSPS) is 22.6. The Morgan fingerprint density at radius 2 is 2.00 bits per heavy atom. The molecule has 0 spiro atoms. The van der Waals surface area contributed by atoms with Gasteiger partial charge < -0.3 is 4.84 Å². The fourth-order valence-electron chi connectivity index (χ4n) is 5.38. The van der Waals surface area contributed by atoms with Crippen LogP contribution in [-0.2, 0) is 4.79 Å². The van der Waals surface area contributed by atoms with Crippen molar-refractivity contribution in [3.05, 3.63) is 78.2 Å². The van der Waals surface area contributed by atoms with Crippen molar-refractivity contribution < 1.29 is 14.0 Å². The first-order valence-corrected chi connectivity index (χ1v) is 12.0. The van der Waals surface area contributed by atoms with Gasteiger partial charge in [-0.15, -0.1) is 0 Å². The minimum Gasteiger partial charge on any atom is -0.373 e. The molecule has 2 aliphatic rings. The molecule has 6 rings (SSSR count). The molecule has 0 radical (unpaired) electrons. The van der Waals surface area contributed by atoms with Gasteiger partial charge >= 0.3 is 0 Å². The van der Waals surface area contributed by atoms with Crippen molar-refractivity contribution in [1.82, 2.24) is 24.9 Å². The molecule has 1 N–H and O–H groups in total. The number of likely N-dealkylation sites (tertiary alicyclic amines) is 1. The molecule has 0 amide bonds. The molecule has 2 fully saturated rings. The summed E-state index contributed by atoms with van der Waals surface area (Å²) in [6.07, 6.45) is 6.62. The summed E-state index contributed by atoms with van der Waals surface area (Å²) in [6.45, 7) is 1.73. The van der Waals surface area contributed by atoms with Crippen LogP contribution in [0.15, 0.2) is 66.9 Å². The van der Waals surface area contributed by atoms with Gasteiger partial charge in [-0.1, -0.05) is 12.1 Å². The number of pyridine rings is 1. The SMILES string of the molecule is O=C[C@@]1(N2CCC[C@H]2c2ccc3nc(-c4ccccn4)n(Oc4ccc(F)cc4)c3c2)CCCN1. The number of nitrogens with one attached hydrogen (secondary N) is 1. The highest BCUT2D eigenvalue weighted by Gasteiger charge is 2.45. The molecular formula is C27H26FN5O2. The Bertz CT molecular complexity index is 1350. The predicted molar refractivity (Wildman–Crippen MR) is 130 cm³/mol. The van der Waals surface area contributed by atoms with Gasteiger partial charge in [0, 0.05) is 18.8 Å². The Kier molecular flexibility index (Phi) is 5.54. The van der Waals surface area contributed by atoms with E-state index in [0.717, 1.165) is 61.7 Å². The number of aromatic nitrogens is 3. The number of carbonyl (C=O) groups excluding carboxylic acids is 1. The molecule has 0 aliphatic carbocycles. The van der Waals surface area contributed by atoms with Crippen molar-refractivity contribution in [3.63, 3.8) is 0 Å². The Morgan fingerprint density at radius 3 is 2.74 bits per heavy atom. The number of carbonyl (C=O) groups is 1. The van der Waals surface area contributed by atoms with Crippen LogP contribution in [0.4, 0.5) is 4.39 Å². The van der Waals surface area contributed by atoms with Crippen LogP contribution in [0.3, 0.4) is 0 Å². The monoisotopic (exact) mass is 471 g/mol. The van der Waals surface area contributed by atoms with Crippen molar-refractivity contribution in [2.24, 2.45) is 0 Å². The first-order chi connectivity index (χ1) is 17.2. The number of rotatable bonds is 6. The minimum atomic E-state index is -0.597. The highest BCUT2D eigenvalue weighted by molar-refractivity contribution is 5.80. The maximum atomic E-state index is 13.5. The van der Waals surface area contributed by atoms with Gasteiger partial charge in [-0.2, -0.15) is 4.73 Å². The van der Waals surface area contributed by atoms with E-state index in [0.29, 0.717) is 17.3 Å². The zero-order valence-corrected chi connectivity index (χ0v) is 19.2. The number of nitrogens with zero attached hydrogens (tertiary/aromatic N) is 4. The van der Waals surface area contributed by atoms with E-state index in [1.54, 1.807) is 23.1 Å². The molecule has 0 unspecified atom stereocenters. The number of imidazole rings is 1. The maximum absolute atomic E-state index is 13.5. The summed E-state index contributed by atoms with van der Waals surface area (Å²) >= 11 is 0. The lowest BCUT2D eigenvalue weighted by Crippen LogP contribution is -2.56. The van der Waals surface area contributed by atoms with E-state index in [1.807, 2.05) is 24.3 Å². The molecule has 0 saturated carbocycles. The topological polar surface area (TPSA) is 72.3 Å². The lowest BCUT2D eigenvalue weighted by atomic mass is 10.00. The average molecular weight is 472 g/mol. The summed E-state index contributed by atoms with van der Waals surface area (Å²) < 4.78 is 15.2. The van der Waals surface area contributed by atoms with Gasteiger partial charge in [0.2, 0.25) is 0 Å². The van der Waals surface area contributed by atoms with Crippen molar-refractivity contribution in [3.8, 4) is 17.3 Å². The molecule has 35 heavy (non-hydrogen) atoms. The predicted octanol–water partition coefficient (Wildman–Crippen LogP) is 4.50. The highest BCUT2D eigenvalue weighted by Crippen LogP contribution is 2.40. The Labute approximate surface area is 202 Å². The second kappa shape index (κ2) is 8.87. The molecule has 2 aliphatic heterocycles. The number of benzene rings is 2. The van der Waals surface area contributed by atoms with Crippen molar-refractivity contribution in [1.29, 1.82) is 0 Å². The number of hydrogen-bond donors (Lipinski definition) is 1. The Hall–Kier alpha value is -3.62. The van der Waals surface area contributed by atoms with Gasteiger partial charge in [-0.05, 0) is 86.3 Å². The lowest BCUT2D eigenvalue weighted by Gasteiger charge is -2.38.